The number of hydrogen-bond acceptors (Lipinski definition) is 3. The van der Waals surface area contributed by atoms with Crippen molar-refractivity contribution in [3.63, 3.8) is 0 Å². The predicted molar refractivity (Wildman–Crippen MR) is 75.3 cm³/mol. The number of amides is 1. The lowest BCUT2D eigenvalue weighted by Gasteiger charge is -2.15. The van der Waals surface area contributed by atoms with E-state index < -0.39 is 0 Å². The molecular weight excluding hydrogens is 240 g/mol. The van der Waals surface area contributed by atoms with Gasteiger partial charge < -0.3 is 15.4 Å². The topological polar surface area (TPSA) is 50.4 Å². The average Bonchev–Trinajstić information content (AvgIpc) is 2.60. The summed E-state index contributed by atoms with van der Waals surface area (Å²) in [5.41, 5.74) is 1.19. The molecule has 1 aromatic rings. The highest BCUT2D eigenvalue weighted by molar-refractivity contribution is 5.81. The van der Waals surface area contributed by atoms with E-state index in [0.29, 0.717) is 13.2 Å². The van der Waals surface area contributed by atoms with Crippen LogP contribution in [0.1, 0.15) is 24.8 Å². The molecule has 19 heavy (non-hydrogen) atoms. The maximum absolute atomic E-state index is 11.7. The van der Waals surface area contributed by atoms with Crippen LogP contribution < -0.4 is 15.4 Å². The minimum absolute atomic E-state index is 0.0661. The van der Waals surface area contributed by atoms with Crippen LogP contribution in [-0.4, -0.2) is 31.6 Å². The molecule has 1 aliphatic rings. The van der Waals surface area contributed by atoms with Gasteiger partial charge in [0.2, 0.25) is 5.91 Å². The molecule has 0 radical (unpaired) electrons. The normalized spacial score (nSPS) is 19.6. The molecule has 0 aliphatic carbocycles. The number of benzene rings is 1. The van der Waals surface area contributed by atoms with E-state index in [9.17, 15) is 4.79 Å². The lowest BCUT2D eigenvalue weighted by Crippen LogP contribution is -2.44. The van der Waals surface area contributed by atoms with Crippen LogP contribution in [0.3, 0.4) is 0 Å². The SMILES string of the molecule is Cc1cccc(OCCNC2CCCCNC2=O)c1. The van der Waals surface area contributed by atoms with Crippen LogP contribution in [0, 0.1) is 6.92 Å². The van der Waals surface area contributed by atoms with Crippen molar-refractivity contribution in [3.8, 4) is 5.75 Å². The molecule has 4 nitrogen and oxygen atoms in total. The smallest absolute Gasteiger partial charge is 0.237 e. The second kappa shape index (κ2) is 7.14. The van der Waals surface area contributed by atoms with Crippen molar-refractivity contribution in [2.75, 3.05) is 19.7 Å². The van der Waals surface area contributed by atoms with Crippen LogP contribution >= 0.6 is 0 Å². The summed E-state index contributed by atoms with van der Waals surface area (Å²) in [7, 11) is 0. The Morgan fingerprint density at radius 2 is 2.32 bits per heavy atom. The minimum Gasteiger partial charge on any atom is -0.492 e. The van der Waals surface area contributed by atoms with Crippen molar-refractivity contribution in [1.82, 2.24) is 10.6 Å². The van der Waals surface area contributed by atoms with Crippen LogP contribution in [0.2, 0.25) is 0 Å². The Morgan fingerprint density at radius 3 is 3.16 bits per heavy atom. The maximum Gasteiger partial charge on any atom is 0.237 e. The van der Waals surface area contributed by atoms with Gasteiger partial charge in [0.1, 0.15) is 12.4 Å². The fourth-order valence-corrected chi connectivity index (χ4v) is 2.24. The molecule has 1 fully saturated rings. The molecular formula is C15H22N2O2. The van der Waals surface area contributed by atoms with Crippen LogP contribution in [0.25, 0.3) is 0 Å². The molecule has 4 heteroatoms. The summed E-state index contributed by atoms with van der Waals surface area (Å²) in [6, 6.07) is 7.92. The quantitative estimate of drug-likeness (QED) is 0.793. The third kappa shape index (κ3) is 4.56. The Labute approximate surface area is 114 Å². The Balaban J connectivity index is 1.70. The molecule has 0 bridgehead atoms. The first kappa shape index (κ1) is 13.9. The summed E-state index contributed by atoms with van der Waals surface area (Å²) < 4.78 is 5.65. The lowest BCUT2D eigenvalue weighted by molar-refractivity contribution is -0.122. The van der Waals surface area contributed by atoms with Gasteiger partial charge in [-0.05, 0) is 43.9 Å². The van der Waals surface area contributed by atoms with E-state index >= 15 is 0 Å². The van der Waals surface area contributed by atoms with E-state index in [2.05, 4.69) is 10.6 Å². The van der Waals surface area contributed by atoms with E-state index in [1.54, 1.807) is 0 Å². The zero-order valence-corrected chi connectivity index (χ0v) is 11.4. The molecule has 1 atom stereocenters. The lowest BCUT2D eigenvalue weighted by atomic mass is 10.1. The third-order valence-electron chi connectivity index (χ3n) is 3.29. The van der Waals surface area contributed by atoms with Crippen molar-refractivity contribution in [3.05, 3.63) is 29.8 Å². The van der Waals surface area contributed by atoms with E-state index in [4.69, 9.17) is 4.74 Å². The van der Waals surface area contributed by atoms with Crippen molar-refractivity contribution in [1.29, 1.82) is 0 Å². The number of rotatable bonds is 5. The molecule has 1 heterocycles. The summed E-state index contributed by atoms with van der Waals surface area (Å²) in [5.74, 6) is 1.00. The zero-order chi connectivity index (χ0) is 13.5. The van der Waals surface area contributed by atoms with Crippen LogP contribution in [0.5, 0.6) is 5.75 Å². The van der Waals surface area contributed by atoms with Crippen LogP contribution in [0.4, 0.5) is 0 Å². The second-order valence-corrected chi connectivity index (χ2v) is 4.96. The van der Waals surface area contributed by atoms with E-state index in [1.165, 1.54) is 5.56 Å². The predicted octanol–water partition coefficient (Wildman–Crippen LogP) is 1.63. The number of aryl methyl sites for hydroxylation is 1. The molecule has 2 N–H and O–H groups in total. The first-order valence-electron chi connectivity index (χ1n) is 6.96. The number of hydrogen-bond donors (Lipinski definition) is 2. The first-order valence-corrected chi connectivity index (χ1v) is 6.96. The van der Waals surface area contributed by atoms with Gasteiger partial charge in [0.25, 0.3) is 0 Å². The van der Waals surface area contributed by atoms with Gasteiger partial charge in [0, 0.05) is 13.1 Å². The molecule has 2 rings (SSSR count). The summed E-state index contributed by atoms with van der Waals surface area (Å²) >= 11 is 0. The molecule has 1 saturated heterocycles. The van der Waals surface area contributed by atoms with E-state index in [-0.39, 0.29) is 11.9 Å². The molecule has 104 valence electrons. The summed E-state index contributed by atoms with van der Waals surface area (Å²) in [4.78, 5) is 11.7. The Morgan fingerprint density at radius 1 is 1.42 bits per heavy atom. The summed E-state index contributed by atoms with van der Waals surface area (Å²) in [6.45, 7) is 4.11. The molecule has 1 amide bonds. The number of ether oxygens (including phenoxy) is 1. The van der Waals surface area contributed by atoms with Crippen molar-refractivity contribution in [2.45, 2.75) is 32.2 Å². The highest BCUT2D eigenvalue weighted by atomic mass is 16.5. The standard InChI is InChI=1S/C15H22N2O2/c1-12-5-4-6-13(11-12)19-10-9-16-14-7-2-3-8-17-15(14)18/h4-6,11,14,16H,2-3,7-10H2,1H3,(H,17,18). The average molecular weight is 262 g/mol. The van der Waals surface area contributed by atoms with Crippen molar-refractivity contribution >= 4 is 5.91 Å². The van der Waals surface area contributed by atoms with Crippen molar-refractivity contribution in [2.24, 2.45) is 0 Å². The fourth-order valence-electron chi connectivity index (χ4n) is 2.24. The Hall–Kier alpha value is -1.55. The monoisotopic (exact) mass is 262 g/mol. The van der Waals surface area contributed by atoms with E-state index in [1.807, 2.05) is 31.2 Å². The highest BCUT2D eigenvalue weighted by Gasteiger charge is 2.19. The van der Waals surface area contributed by atoms with Gasteiger partial charge in [-0.1, -0.05) is 12.1 Å². The molecule has 0 aromatic heterocycles. The second-order valence-electron chi connectivity index (χ2n) is 4.96. The van der Waals surface area contributed by atoms with Gasteiger partial charge in [0.15, 0.2) is 0 Å². The number of nitrogens with one attached hydrogen (secondary N) is 2. The third-order valence-corrected chi connectivity index (χ3v) is 3.29. The van der Waals surface area contributed by atoms with Gasteiger partial charge in [-0.15, -0.1) is 0 Å². The van der Waals surface area contributed by atoms with Gasteiger partial charge in [0.05, 0.1) is 6.04 Å². The fraction of sp³-hybridized carbons (Fsp3) is 0.533. The summed E-state index contributed by atoms with van der Waals surface area (Å²) in [6.07, 6.45) is 3.08. The van der Waals surface area contributed by atoms with E-state index in [0.717, 1.165) is 31.6 Å². The first-order chi connectivity index (χ1) is 9.25. The largest absolute Gasteiger partial charge is 0.492 e. The molecule has 0 spiro atoms. The van der Waals surface area contributed by atoms with Gasteiger partial charge in [-0.2, -0.15) is 0 Å². The molecule has 1 aliphatic heterocycles. The van der Waals surface area contributed by atoms with Gasteiger partial charge in [-0.3, -0.25) is 4.79 Å². The molecule has 0 saturated carbocycles. The Bertz CT molecular complexity index is 420. The number of carbonyl (C=O) groups excluding carboxylic acids is 1. The van der Waals surface area contributed by atoms with Gasteiger partial charge in [-0.25, -0.2) is 0 Å². The van der Waals surface area contributed by atoms with Crippen LogP contribution in [-0.2, 0) is 4.79 Å². The zero-order valence-electron chi connectivity index (χ0n) is 11.4. The molecule has 1 unspecified atom stereocenters. The highest BCUT2D eigenvalue weighted by Crippen LogP contribution is 2.12. The molecule has 1 aromatic carbocycles. The maximum atomic E-state index is 11.7. The van der Waals surface area contributed by atoms with Crippen LogP contribution in [0.15, 0.2) is 24.3 Å². The Kier molecular flexibility index (Phi) is 5.21. The number of carbonyl (C=O) groups is 1. The summed E-state index contributed by atoms with van der Waals surface area (Å²) in [5, 5.41) is 6.18. The van der Waals surface area contributed by atoms with Gasteiger partial charge >= 0.3 is 0 Å². The minimum atomic E-state index is -0.0661. The van der Waals surface area contributed by atoms with Crippen molar-refractivity contribution < 1.29 is 9.53 Å².